The fraction of sp³-hybridized carbons (Fsp3) is 0.438. The molecule has 20 heavy (non-hydrogen) atoms. The number of pyridine rings is 1. The standard InChI is InChI=1S/C16H23N3S/c1-4-10-17-15-8-5-9-16(18-15)19(3)13(2)12-14-7-6-11-20-14/h5-9,11,13H,4,10,12H2,1-3H3,(H,17,18). The van der Waals surface area contributed by atoms with Gasteiger partial charge in [0.05, 0.1) is 0 Å². The molecule has 0 fully saturated rings. The van der Waals surface area contributed by atoms with Gasteiger partial charge in [0.2, 0.25) is 0 Å². The lowest BCUT2D eigenvalue weighted by Gasteiger charge is -2.26. The molecule has 2 aromatic rings. The summed E-state index contributed by atoms with van der Waals surface area (Å²) in [6.45, 7) is 5.37. The van der Waals surface area contributed by atoms with Gasteiger partial charge in [0.1, 0.15) is 11.6 Å². The third-order valence-corrected chi connectivity index (χ3v) is 4.29. The summed E-state index contributed by atoms with van der Waals surface area (Å²) in [5, 5.41) is 5.47. The Morgan fingerprint density at radius 2 is 2.15 bits per heavy atom. The summed E-state index contributed by atoms with van der Waals surface area (Å²) in [5.74, 6) is 1.98. The highest BCUT2D eigenvalue weighted by molar-refractivity contribution is 7.09. The number of anilines is 2. The van der Waals surface area contributed by atoms with Crippen molar-refractivity contribution in [2.45, 2.75) is 32.7 Å². The Kier molecular flexibility index (Phi) is 5.41. The first-order valence-corrected chi connectivity index (χ1v) is 8.04. The highest BCUT2D eigenvalue weighted by atomic mass is 32.1. The quantitative estimate of drug-likeness (QED) is 0.834. The van der Waals surface area contributed by atoms with Crippen molar-refractivity contribution in [2.75, 3.05) is 23.8 Å². The second-order valence-corrected chi connectivity index (χ2v) is 6.08. The first kappa shape index (κ1) is 14.9. The molecule has 0 spiro atoms. The second kappa shape index (κ2) is 7.29. The largest absolute Gasteiger partial charge is 0.370 e. The summed E-state index contributed by atoms with van der Waals surface area (Å²) < 4.78 is 0. The third-order valence-electron chi connectivity index (χ3n) is 3.39. The number of nitrogens with one attached hydrogen (secondary N) is 1. The van der Waals surface area contributed by atoms with Crippen molar-refractivity contribution < 1.29 is 0 Å². The minimum absolute atomic E-state index is 0.433. The van der Waals surface area contributed by atoms with Crippen LogP contribution in [-0.2, 0) is 6.42 Å². The highest BCUT2D eigenvalue weighted by Gasteiger charge is 2.12. The van der Waals surface area contributed by atoms with Gasteiger partial charge < -0.3 is 10.2 Å². The molecule has 0 aliphatic rings. The number of thiophene rings is 1. The summed E-state index contributed by atoms with van der Waals surface area (Å²) in [6.07, 6.45) is 2.17. The molecule has 1 atom stereocenters. The summed E-state index contributed by atoms with van der Waals surface area (Å²) in [4.78, 5) is 8.35. The zero-order valence-electron chi connectivity index (χ0n) is 12.5. The monoisotopic (exact) mass is 289 g/mol. The summed E-state index contributed by atoms with van der Waals surface area (Å²) in [6, 6.07) is 10.9. The molecule has 1 unspecified atom stereocenters. The van der Waals surface area contributed by atoms with Crippen LogP contribution < -0.4 is 10.2 Å². The number of aromatic nitrogens is 1. The van der Waals surface area contributed by atoms with Gasteiger partial charge in [-0.2, -0.15) is 0 Å². The van der Waals surface area contributed by atoms with E-state index in [9.17, 15) is 0 Å². The Hall–Kier alpha value is -1.55. The number of hydrogen-bond acceptors (Lipinski definition) is 4. The van der Waals surface area contributed by atoms with E-state index in [2.05, 4.69) is 65.7 Å². The maximum absolute atomic E-state index is 4.68. The van der Waals surface area contributed by atoms with Crippen LogP contribution >= 0.6 is 11.3 Å². The van der Waals surface area contributed by atoms with Gasteiger partial charge in [-0.05, 0) is 36.9 Å². The minimum Gasteiger partial charge on any atom is -0.370 e. The molecule has 0 amide bonds. The van der Waals surface area contributed by atoms with E-state index < -0.39 is 0 Å². The highest BCUT2D eigenvalue weighted by Crippen LogP contribution is 2.19. The first-order chi connectivity index (χ1) is 9.70. The Bertz CT molecular complexity index is 510. The molecule has 0 aliphatic heterocycles. The third kappa shape index (κ3) is 3.97. The summed E-state index contributed by atoms with van der Waals surface area (Å²) >= 11 is 1.82. The van der Waals surface area contributed by atoms with Gasteiger partial charge in [-0.3, -0.25) is 0 Å². The van der Waals surface area contributed by atoms with E-state index in [-0.39, 0.29) is 0 Å². The van der Waals surface area contributed by atoms with E-state index in [0.29, 0.717) is 6.04 Å². The molecule has 0 aromatic carbocycles. The van der Waals surface area contributed by atoms with Crippen molar-refractivity contribution >= 4 is 23.0 Å². The molecule has 3 nitrogen and oxygen atoms in total. The zero-order valence-corrected chi connectivity index (χ0v) is 13.3. The van der Waals surface area contributed by atoms with E-state index in [0.717, 1.165) is 31.0 Å². The van der Waals surface area contributed by atoms with Gasteiger partial charge in [-0.15, -0.1) is 11.3 Å². The van der Waals surface area contributed by atoms with E-state index in [1.165, 1.54) is 4.88 Å². The lowest BCUT2D eigenvalue weighted by Crippen LogP contribution is -2.31. The maximum atomic E-state index is 4.68. The topological polar surface area (TPSA) is 28.2 Å². The lowest BCUT2D eigenvalue weighted by molar-refractivity contribution is 0.680. The normalized spacial score (nSPS) is 12.2. The lowest BCUT2D eigenvalue weighted by atomic mass is 10.2. The van der Waals surface area contributed by atoms with Crippen LogP contribution in [0, 0.1) is 0 Å². The van der Waals surface area contributed by atoms with Crippen LogP contribution in [0.3, 0.4) is 0 Å². The summed E-state index contributed by atoms with van der Waals surface area (Å²) in [7, 11) is 2.12. The molecule has 0 bridgehead atoms. The van der Waals surface area contributed by atoms with Crippen molar-refractivity contribution in [3.8, 4) is 0 Å². The van der Waals surface area contributed by atoms with Gasteiger partial charge in [0.15, 0.2) is 0 Å². The van der Waals surface area contributed by atoms with Crippen molar-refractivity contribution in [1.29, 1.82) is 0 Å². The molecule has 108 valence electrons. The van der Waals surface area contributed by atoms with Gasteiger partial charge in [0, 0.05) is 30.9 Å². The molecule has 2 rings (SSSR count). The van der Waals surface area contributed by atoms with E-state index in [1.807, 2.05) is 17.4 Å². The molecule has 0 saturated carbocycles. The Labute approximate surface area is 125 Å². The van der Waals surface area contributed by atoms with Gasteiger partial charge in [-0.1, -0.05) is 19.1 Å². The molecule has 1 N–H and O–H groups in total. The van der Waals surface area contributed by atoms with Crippen LogP contribution in [0.25, 0.3) is 0 Å². The molecule has 4 heteroatoms. The predicted molar refractivity (Wildman–Crippen MR) is 88.9 cm³/mol. The maximum Gasteiger partial charge on any atom is 0.130 e. The van der Waals surface area contributed by atoms with Crippen LogP contribution in [0.4, 0.5) is 11.6 Å². The average Bonchev–Trinajstić information content (AvgIpc) is 2.97. The van der Waals surface area contributed by atoms with Crippen LogP contribution in [0.15, 0.2) is 35.7 Å². The van der Waals surface area contributed by atoms with Crippen molar-refractivity contribution in [2.24, 2.45) is 0 Å². The van der Waals surface area contributed by atoms with Crippen molar-refractivity contribution in [3.05, 3.63) is 40.6 Å². The van der Waals surface area contributed by atoms with E-state index >= 15 is 0 Å². The Morgan fingerprint density at radius 3 is 2.85 bits per heavy atom. The summed E-state index contributed by atoms with van der Waals surface area (Å²) in [5.41, 5.74) is 0. The molecular weight excluding hydrogens is 266 g/mol. The van der Waals surface area contributed by atoms with Crippen molar-refractivity contribution in [1.82, 2.24) is 4.98 Å². The van der Waals surface area contributed by atoms with Gasteiger partial charge >= 0.3 is 0 Å². The smallest absolute Gasteiger partial charge is 0.130 e. The predicted octanol–water partition coefficient (Wildman–Crippen LogP) is 4.03. The second-order valence-electron chi connectivity index (χ2n) is 5.05. The minimum atomic E-state index is 0.433. The SMILES string of the molecule is CCCNc1cccc(N(C)C(C)Cc2cccs2)n1. The Balaban J connectivity index is 2.02. The fourth-order valence-electron chi connectivity index (χ4n) is 2.05. The van der Waals surface area contributed by atoms with E-state index in [1.54, 1.807) is 0 Å². The van der Waals surface area contributed by atoms with E-state index in [4.69, 9.17) is 0 Å². The molecule has 0 radical (unpaired) electrons. The number of rotatable bonds is 7. The Morgan fingerprint density at radius 1 is 1.30 bits per heavy atom. The average molecular weight is 289 g/mol. The van der Waals surface area contributed by atoms with Gasteiger partial charge in [-0.25, -0.2) is 4.98 Å². The molecule has 2 heterocycles. The van der Waals surface area contributed by atoms with Crippen LogP contribution in [0.5, 0.6) is 0 Å². The van der Waals surface area contributed by atoms with Crippen LogP contribution in [0.2, 0.25) is 0 Å². The molecular formula is C16H23N3S. The van der Waals surface area contributed by atoms with Crippen LogP contribution in [-0.4, -0.2) is 24.6 Å². The van der Waals surface area contributed by atoms with Gasteiger partial charge in [0.25, 0.3) is 0 Å². The zero-order chi connectivity index (χ0) is 14.4. The van der Waals surface area contributed by atoms with Crippen molar-refractivity contribution in [3.63, 3.8) is 0 Å². The number of nitrogens with zero attached hydrogens (tertiary/aromatic N) is 2. The first-order valence-electron chi connectivity index (χ1n) is 7.17. The van der Waals surface area contributed by atoms with Crippen LogP contribution in [0.1, 0.15) is 25.1 Å². The molecule has 0 saturated heterocycles. The molecule has 2 aromatic heterocycles. The fourth-order valence-corrected chi connectivity index (χ4v) is 2.88. The molecule has 0 aliphatic carbocycles. The number of likely N-dealkylation sites (N-methyl/N-ethyl adjacent to an activating group) is 1. The number of hydrogen-bond donors (Lipinski definition) is 1.